The van der Waals surface area contributed by atoms with E-state index in [1.807, 2.05) is 11.0 Å². The maximum Gasteiger partial charge on any atom is 0.260 e. The van der Waals surface area contributed by atoms with E-state index in [2.05, 4.69) is 0 Å². The predicted octanol–water partition coefficient (Wildman–Crippen LogP) is 1.03. The van der Waals surface area contributed by atoms with E-state index >= 15 is 0 Å². The molecule has 2 fully saturated rings. The second-order valence-corrected chi connectivity index (χ2v) is 6.49. The van der Waals surface area contributed by atoms with Gasteiger partial charge in [0, 0.05) is 32.1 Å². The van der Waals surface area contributed by atoms with E-state index < -0.39 is 0 Å². The molecule has 0 N–H and O–H groups in total. The van der Waals surface area contributed by atoms with E-state index in [-0.39, 0.29) is 24.3 Å². The van der Waals surface area contributed by atoms with Crippen LogP contribution in [0.3, 0.4) is 0 Å². The third kappa shape index (κ3) is 4.33. The van der Waals surface area contributed by atoms with Gasteiger partial charge in [-0.05, 0) is 25.0 Å². The average molecular weight is 357 g/mol. The lowest BCUT2D eigenvalue weighted by Gasteiger charge is -2.35. The van der Waals surface area contributed by atoms with Crippen LogP contribution in [0.15, 0.2) is 24.3 Å². The standard InChI is InChI=1S/C19H23N3O4/c20-13-16-3-1-2-4-17(16)26-14-18(23)21-7-5-15(6-8-21)19(24)22-9-11-25-12-10-22/h1-4,15H,5-12,14H2. The van der Waals surface area contributed by atoms with Gasteiger partial charge in [0.2, 0.25) is 5.91 Å². The summed E-state index contributed by atoms with van der Waals surface area (Å²) in [6.45, 7) is 3.54. The number of rotatable bonds is 4. The SMILES string of the molecule is N#Cc1ccccc1OCC(=O)N1CCC(C(=O)N2CCOCC2)CC1. The Bertz CT molecular complexity index is 686. The number of ether oxygens (including phenoxy) is 2. The summed E-state index contributed by atoms with van der Waals surface area (Å²) in [5.74, 6) is 0.465. The molecule has 2 aliphatic heterocycles. The number of amides is 2. The minimum atomic E-state index is -0.116. The van der Waals surface area contributed by atoms with Crippen LogP contribution in [0.5, 0.6) is 5.75 Å². The molecule has 1 aromatic carbocycles. The van der Waals surface area contributed by atoms with Crippen LogP contribution in [-0.4, -0.2) is 67.6 Å². The summed E-state index contributed by atoms with van der Waals surface area (Å²) >= 11 is 0. The van der Waals surface area contributed by atoms with Crippen molar-refractivity contribution in [2.75, 3.05) is 46.0 Å². The van der Waals surface area contributed by atoms with Gasteiger partial charge in [-0.3, -0.25) is 9.59 Å². The number of carbonyl (C=O) groups is 2. The first-order valence-electron chi connectivity index (χ1n) is 8.95. The predicted molar refractivity (Wildman–Crippen MR) is 93.4 cm³/mol. The molecule has 2 amide bonds. The minimum Gasteiger partial charge on any atom is -0.482 e. The van der Waals surface area contributed by atoms with Crippen LogP contribution < -0.4 is 4.74 Å². The zero-order valence-corrected chi connectivity index (χ0v) is 14.7. The first-order chi connectivity index (χ1) is 12.7. The average Bonchev–Trinajstić information content (AvgIpc) is 2.72. The Hall–Kier alpha value is -2.59. The van der Waals surface area contributed by atoms with Gasteiger partial charge >= 0.3 is 0 Å². The number of benzene rings is 1. The number of nitrogens with zero attached hydrogens (tertiary/aromatic N) is 3. The summed E-state index contributed by atoms with van der Waals surface area (Å²) < 4.78 is 10.8. The van der Waals surface area contributed by atoms with Crippen LogP contribution in [0.25, 0.3) is 0 Å². The molecule has 0 aromatic heterocycles. The Morgan fingerprint density at radius 3 is 2.50 bits per heavy atom. The summed E-state index contributed by atoms with van der Waals surface area (Å²) in [6.07, 6.45) is 1.35. The number of morpholine rings is 1. The van der Waals surface area contributed by atoms with Gasteiger partial charge in [0.1, 0.15) is 11.8 Å². The van der Waals surface area contributed by atoms with Gasteiger partial charge in [-0.1, -0.05) is 12.1 Å². The summed E-state index contributed by atoms with van der Waals surface area (Å²) in [6, 6.07) is 8.90. The number of hydrogen-bond acceptors (Lipinski definition) is 5. The van der Waals surface area contributed by atoms with Gasteiger partial charge in [0.15, 0.2) is 6.61 Å². The highest BCUT2D eigenvalue weighted by molar-refractivity contribution is 5.80. The lowest BCUT2D eigenvalue weighted by Crippen LogP contribution is -2.48. The number of carbonyl (C=O) groups excluding carboxylic acids is 2. The Morgan fingerprint density at radius 2 is 1.81 bits per heavy atom. The van der Waals surface area contributed by atoms with E-state index in [4.69, 9.17) is 14.7 Å². The van der Waals surface area contributed by atoms with Crippen LogP contribution in [0.4, 0.5) is 0 Å². The molecule has 0 saturated carbocycles. The van der Waals surface area contributed by atoms with Crippen molar-refractivity contribution in [1.29, 1.82) is 5.26 Å². The number of para-hydroxylation sites is 1. The smallest absolute Gasteiger partial charge is 0.260 e. The van der Waals surface area contributed by atoms with Crippen molar-refractivity contribution >= 4 is 11.8 Å². The van der Waals surface area contributed by atoms with Gasteiger partial charge < -0.3 is 19.3 Å². The Morgan fingerprint density at radius 1 is 1.12 bits per heavy atom. The zero-order chi connectivity index (χ0) is 18.4. The maximum atomic E-state index is 12.5. The van der Waals surface area contributed by atoms with E-state index in [1.54, 1.807) is 29.2 Å². The van der Waals surface area contributed by atoms with Crippen molar-refractivity contribution in [1.82, 2.24) is 9.80 Å². The Labute approximate surface area is 153 Å². The zero-order valence-electron chi connectivity index (χ0n) is 14.7. The molecule has 138 valence electrons. The van der Waals surface area contributed by atoms with Crippen LogP contribution in [0.2, 0.25) is 0 Å². The van der Waals surface area contributed by atoms with Gasteiger partial charge in [-0.2, -0.15) is 5.26 Å². The van der Waals surface area contributed by atoms with Crippen molar-refractivity contribution in [2.45, 2.75) is 12.8 Å². The van der Waals surface area contributed by atoms with Crippen molar-refractivity contribution in [2.24, 2.45) is 5.92 Å². The highest BCUT2D eigenvalue weighted by Crippen LogP contribution is 2.21. The lowest BCUT2D eigenvalue weighted by atomic mass is 9.95. The highest BCUT2D eigenvalue weighted by atomic mass is 16.5. The summed E-state index contributed by atoms with van der Waals surface area (Å²) in [5.41, 5.74) is 0.412. The molecule has 0 bridgehead atoms. The van der Waals surface area contributed by atoms with Crippen LogP contribution >= 0.6 is 0 Å². The maximum absolute atomic E-state index is 12.5. The second-order valence-electron chi connectivity index (χ2n) is 6.49. The molecule has 2 aliphatic rings. The third-order valence-corrected chi connectivity index (χ3v) is 4.88. The van der Waals surface area contributed by atoms with Crippen LogP contribution in [0.1, 0.15) is 18.4 Å². The molecule has 0 unspecified atom stereocenters. The van der Waals surface area contributed by atoms with E-state index in [9.17, 15) is 9.59 Å². The first kappa shape index (κ1) is 18.2. The van der Waals surface area contributed by atoms with Crippen LogP contribution in [-0.2, 0) is 14.3 Å². The third-order valence-electron chi connectivity index (χ3n) is 4.88. The summed E-state index contributed by atoms with van der Waals surface area (Å²) in [5, 5.41) is 9.05. The fraction of sp³-hybridized carbons (Fsp3) is 0.526. The fourth-order valence-corrected chi connectivity index (χ4v) is 3.33. The van der Waals surface area contributed by atoms with Crippen molar-refractivity contribution < 1.29 is 19.1 Å². The number of nitriles is 1. The Kier molecular flexibility index (Phi) is 6.08. The summed E-state index contributed by atoms with van der Waals surface area (Å²) in [4.78, 5) is 28.5. The molecule has 1 aromatic rings. The fourth-order valence-electron chi connectivity index (χ4n) is 3.33. The molecule has 2 saturated heterocycles. The highest BCUT2D eigenvalue weighted by Gasteiger charge is 2.30. The largest absolute Gasteiger partial charge is 0.482 e. The van der Waals surface area contributed by atoms with Crippen molar-refractivity contribution in [3.05, 3.63) is 29.8 Å². The monoisotopic (exact) mass is 357 g/mol. The minimum absolute atomic E-state index is 0.0163. The number of piperidine rings is 1. The Balaban J connectivity index is 1.46. The number of likely N-dealkylation sites (tertiary alicyclic amines) is 1. The molecule has 0 spiro atoms. The molecule has 7 nitrogen and oxygen atoms in total. The summed E-state index contributed by atoms with van der Waals surface area (Å²) in [7, 11) is 0. The molecule has 2 heterocycles. The van der Waals surface area contributed by atoms with E-state index in [0.717, 1.165) is 0 Å². The molecule has 0 radical (unpaired) electrons. The van der Waals surface area contributed by atoms with Gasteiger partial charge in [0.05, 0.1) is 18.8 Å². The van der Waals surface area contributed by atoms with Gasteiger partial charge in [-0.25, -0.2) is 0 Å². The molecular formula is C19H23N3O4. The lowest BCUT2D eigenvalue weighted by molar-refractivity contribution is -0.144. The van der Waals surface area contributed by atoms with Gasteiger partial charge in [-0.15, -0.1) is 0 Å². The first-order valence-corrected chi connectivity index (χ1v) is 8.95. The molecule has 3 rings (SSSR count). The van der Waals surface area contributed by atoms with Crippen molar-refractivity contribution in [3.8, 4) is 11.8 Å². The molecular weight excluding hydrogens is 334 g/mol. The van der Waals surface area contributed by atoms with E-state index in [1.165, 1.54) is 0 Å². The molecule has 0 atom stereocenters. The molecule has 7 heteroatoms. The quantitative estimate of drug-likeness (QED) is 0.804. The van der Waals surface area contributed by atoms with Crippen molar-refractivity contribution in [3.63, 3.8) is 0 Å². The second kappa shape index (κ2) is 8.68. The topological polar surface area (TPSA) is 82.9 Å². The molecule has 26 heavy (non-hydrogen) atoms. The molecule has 0 aliphatic carbocycles. The number of hydrogen-bond donors (Lipinski definition) is 0. The normalized spacial score (nSPS) is 18.3. The van der Waals surface area contributed by atoms with Gasteiger partial charge in [0.25, 0.3) is 5.91 Å². The van der Waals surface area contributed by atoms with E-state index in [0.29, 0.717) is 63.5 Å². The van der Waals surface area contributed by atoms with Crippen LogP contribution in [0, 0.1) is 17.2 Å².